The molecule has 2 aliphatic heterocycles. The Balaban J connectivity index is 1.35. The maximum Gasteiger partial charge on any atom is 0.262 e. The zero-order chi connectivity index (χ0) is 26.1. The maximum atomic E-state index is 13.5. The van der Waals surface area contributed by atoms with Gasteiger partial charge in [-0.2, -0.15) is 10.1 Å². The van der Waals surface area contributed by atoms with E-state index in [0.29, 0.717) is 17.3 Å². The molecule has 188 valence electrons. The summed E-state index contributed by atoms with van der Waals surface area (Å²) in [6, 6.07) is 20.1. The Morgan fingerprint density at radius 1 is 1.00 bits per heavy atom. The molecule has 0 spiro atoms. The second kappa shape index (κ2) is 10.3. The number of hydrogen-bond donors (Lipinski definition) is 1. The second-order valence-electron chi connectivity index (χ2n) is 9.50. The molecule has 3 aromatic rings. The monoisotopic (exact) mass is 514 g/mol. The smallest absolute Gasteiger partial charge is 0.262 e. The van der Waals surface area contributed by atoms with Gasteiger partial charge in [0.15, 0.2) is 5.17 Å². The lowest BCUT2D eigenvalue weighted by atomic mass is 9.98. The number of benzene rings is 3. The molecule has 3 aromatic carbocycles. The van der Waals surface area contributed by atoms with Crippen molar-refractivity contribution in [3.8, 4) is 0 Å². The van der Waals surface area contributed by atoms with Gasteiger partial charge in [0.25, 0.3) is 5.91 Å². The number of amides is 2. The molecule has 0 saturated carbocycles. The first-order valence-corrected chi connectivity index (χ1v) is 13.0. The average molecular weight is 515 g/mol. The van der Waals surface area contributed by atoms with Crippen molar-refractivity contribution in [2.75, 3.05) is 5.32 Å². The Bertz CT molecular complexity index is 1400. The van der Waals surface area contributed by atoms with Crippen molar-refractivity contribution < 1.29 is 14.0 Å². The third kappa shape index (κ3) is 5.64. The standard InChI is InChI=1S/C29H27FN4O2S/c1-17-4-6-21(7-5-17)25-15-24(20-8-10-22(30)11-9-20)33-34(25)29-32-28(36)26(37-29)16-27(35)31-23-13-18(2)12-19(3)14-23/h4-14,25-26H,15-16H2,1-3H3,(H,31,35). The highest BCUT2D eigenvalue weighted by Crippen LogP contribution is 2.38. The minimum absolute atomic E-state index is 0.0149. The minimum atomic E-state index is -0.621. The normalized spacial score (nSPS) is 19.1. The van der Waals surface area contributed by atoms with Crippen LogP contribution in [0.4, 0.5) is 10.1 Å². The highest BCUT2D eigenvalue weighted by atomic mass is 32.2. The van der Waals surface area contributed by atoms with Crippen LogP contribution in [0.25, 0.3) is 0 Å². The van der Waals surface area contributed by atoms with E-state index in [1.54, 1.807) is 17.1 Å². The zero-order valence-electron chi connectivity index (χ0n) is 20.9. The lowest BCUT2D eigenvalue weighted by Gasteiger charge is -2.23. The molecule has 0 saturated heterocycles. The van der Waals surface area contributed by atoms with E-state index in [9.17, 15) is 14.0 Å². The van der Waals surface area contributed by atoms with E-state index in [1.165, 1.54) is 23.9 Å². The number of hydrazone groups is 1. The average Bonchev–Trinajstić information content (AvgIpc) is 3.43. The van der Waals surface area contributed by atoms with Crippen LogP contribution in [0, 0.1) is 26.6 Å². The number of amidine groups is 1. The first-order chi connectivity index (χ1) is 17.7. The van der Waals surface area contributed by atoms with Crippen molar-refractivity contribution in [2.24, 2.45) is 10.1 Å². The van der Waals surface area contributed by atoms with E-state index in [0.717, 1.165) is 33.5 Å². The van der Waals surface area contributed by atoms with Crippen LogP contribution in [-0.2, 0) is 9.59 Å². The number of anilines is 1. The van der Waals surface area contributed by atoms with E-state index in [2.05, 4.69) is 10.3 Å². The van der Waals surface area contributed by atoms with Gasteiger partial charge < -0.3 is 5.32 Å². The molecule has 2 heterocycles. The van der Waals surface area contributed by atoms with Gasteiger partial charge in [-0.05, 0) is 67.3 Å². The van der Waals surface area contributed by atoms with E-state index < -0.39 is 5.25 Å². The minimum Gasteiger partial charge on any atom is -0.326 e. The van der Waals surface area contributed by atoms with Crippen LogP contribution in [0.15, 0.2) is 76.8 Å². The van der Waals surface area contributed by atoms with E-state index in [-0.39, 0.29) is 30.1 Å². The van der Waals surface area contributed by atoms with Crippen molar-refractivity contribution in [3.63, 3.8) is 0 Å². The number of aliphatic imine (C=N–C) groups is 1. The first kappa shape index (κ1) is 24.9. The quantitative estimate of drug-likeness (QED) is 0.458. The Hall–Kier alpha value is -3.78. The molecule has 8 heteroatoms. The summed E-state index contributed by atoms with van der Waals surface area (Å²) < 4.78 is 13.5. The molecule has 0 fully saturated rings. The number of carbonyl (C=O) groups is 2. The molecule has 37 heavy (non-hydrogen) atoms. The maximum absolute atomic E-state index is 13.5. The summed E-state index contributed by atoms with van der Waals surface area (Å²) in [7, 11) is 0. The molecule has 0 aromatic heterocycles. The number of aryl methyl sites for hydroxylation is 3. The van der Waals surface area contributed by atoms with Crippen molar-refractivity contribution >= 4 is 40.1 Å². The zero-order valence-corrected chi connectivity index (χ0v) is 21.7. The van der Waals surface area contributed by atoms with Crippen LogP contribution < -0.4 is 5.32 Å². The number of hydrogen-bond acceptors (Lipinski definition) is 5. The van der Waals surface area contributed by atoms with Crippen molar-refractivity contribution in [3.05, 3.63) is 100 Å². The molecule has 0 radical (unpaired) electrons. The fourth-order valence-electron chi connectivity index (χ4n) is 4.58. The van der Waals surface area contributed by atoms with E-state index in [1.807, 2.05) is 63.2 Å². The summed E-state index contributed by atoms with van der Waals surface area (Å²) in [6.45, 7) is 5.97. The Morgan fingerprint density at radius 3 is 2.35 bits per heavy atom. The number of nitrogens with one attached hydrogen (secondary N) is 1. The van der Waals surface area contributed by atoms with Gasteiger partial charge in [0, 0.05) is 18.5 Å². The molecular weight excluding hydrogens is 487 g/mol. The van der Waals surface area contributed by atoms with Gasteiger partial charge in [-0.15, -0.1) is 0 Å². The second-order valence-corrected chi connectivity index (χ2v) is 10.7. The first-order valence-electron chi connectivity index (χ1n) is 12.1. The topological polar surface area (TPSA) is 74.1 Å². The van der Waals surface area contributed by atoms with Gasteiger partial charge in [0.1, 0.15) is 11.1 Å². The fourth-order valence-corrected chi connectivity index (χ4v) is 5.64. The summed E-state index contributed by atoms with van der Waals surface area (Å²) in [5.74, 6) is -0.888. The lowest BCUT2D eigenvalue weighted by Crippen LogP contribution is -2.25. The summed E-state index contributed by atoms with van der Waals surface area (Å²) in [5, 5.41) is 9.33. The number of halogens is 1. The van der Waals surface area contributed by atoms with E-state index >= 15 is 0 Å². The van der Waals surface area contributed by atoms with Crippen molar-refractivity contribution in [2.45, 2.75) is 44.9 Å². The van der Waals surface area contributed by atoms with Gasteiger partial charge >= 0.3 is 0 Å². The predicted molar refractivity (Wildman–Crippen MR) is 146 cm³/mol. The van der Waals surface area contributed by atoms with Crippen LogP contribution in [0.5, 0.6) is 0 Å². The molecule has 2 atom stereocenters. The Labute approximate surface area is 219 Å². The molecule has 2 aliphatic rings. The molecule has 2 amide bonds. The molecule has 1 N–H and O–H groups in total. The largest absolute Gasteiger partial charge is 0.326 e. The molecule has 0 aliphatic carbocycles. The van der Waals surface area contributed by atoms with Crippen molar-refractivity contribution in [1.82, 2.24) is 5.01 Å². The molecule has 2 unspecified atom stereocenters. The van der Waals surface area contributed by atoms with Gasteiger partial charge in [0.2, 0.25) is 5.91 Å². The summed E-state index contributed by atoms with van der Waals surface area (Å²) in [4.78, 5) is 29.9. The predicted octanol–water partition coefficient (Wildman–Crippen LogP) is 5.93. The third-order valence-corrected chi connectivity index (χ3v) is 7.49. The van der Waals surface area contributed by atoms with Crippen LogP contribution in [0.3, 0.4) is 0 Å². The van der Waals surface area contributed by atoms with Gasteiger partial charge in [-0.25, -0.2) is 9.40 Å². The van der Waals surface area contributed by atoms with Gasteiger partial charge in [0.05, 0.1) is 11.8 Å². The van der Waals surface area contributed by atoms with Crippen LogP contribution >= 0.6 is 11.8 Å². The molecule has 6 nitrogen and oxygen atoms in total. The van der Waals surface area contributed by atoms with Crippen LogP contribution in [-0.4, -0.2) is 33.0 Å². The van der Waals surface area contributed by atoms with E-state index in [4.69, 9.17) is 5.10 Å². The van der Waals surface area contributed by atoms with Gasteiger partial charge in [-0.3, -0.25) is 9.59 Å². The highest BCUT2D eigenvalue weighted by molar-refractivity contribution is 8.15. The molecule has 0 bridgehead atoms. The fraction of sp³-hybridized carbons (Fsp3) is 0.241. The van der Waals surface area contributed by atoms with Crippen molar-refractivity contribution in [1.29, 1.82) is 0 Å². The number of carbonyl (C=O) groups excluding carboxylic acids is 2. The third-order valence-electron chi connectivity index (χ3n) is 6.35. The SMILES string of the molecule is Cc1ccc(C2CC(c3ccc(F)cc3)=NN2C2=NC(=O)C(CC(=O)Nc3cc(C)cc(C)c3)S2)cc1. The number of nitrogens with zero attached hydrogens (tertiary/aromatic N) is 3. The lowest BCUT2D eigenvalue weighted by molar-refractivity contribution is -0.121. The Kier molecular flexibility index (Phi) is 6.93. The summed E-state index contributed by atoms with van der Waals surface area (Å²) >= 11 is 1.26. The number of rotatable bonds is 5. The van der Waals surface area contributed by atoms with Crippen LogP contribution in [0.2, 0.25) is 0 Å². The molecular formula is C29H27FN4O2S. The highest BCUT2D eigenvalue weighted by Gasteiger charge is 2.39. The Morgan fingerprint density at radius 2 is 1.68 bits per heavy atom. The summed E-state index contributed by atoms with van der Waals surface area (Å²) in [6.07, 6.45) is 0.599. The van der Waals surface area contributed by atoms with Gasteiger partial charge in [-0.1, -0.05) is 59.8 Å². The van der Waals surface area contributed by atoms with Crippen LogP contribution in [0.1, 0.15) is 46.7 Å². The molecule has 5 rings (SSSR count). The summed E-state index contributed by atoms with van der Waals surface area (Å²) in [5.41, 5.74) is 6.62. The number of thioether (sulfide) groups is 1.